The van der Waals surface area contributed by atoms with Crippen LogP contribution in [0.3, 0.4) is 0 Å². The van der Waals surface area contributed by atoms with E-state index in [2.05, 4.69) is 35.5 Å². The molecule has 2 aromatic carbocycles. The number of amides is 1. The summed E-state index contributed by atoms with van der Waals surface area (Å²) in [6.45, 7) is 12.0. The Hall–Kier alpha value is -4.42. The highest BCUT2D eigenvalue weighted by atomic mass is 32.2. The van der Waals surface area contributed by atoms with E-state index in [-0.39, 0.29) is 58.2 Å². The number of aromatic nitrogens is 4. The molecule has 4 bridgehead atoms. The van der Waals surface area contributed by atoms with Crippen LogP contribution in [0, 0.1) is 19.3 Å². The van der Waals surface area contributed by atoms with Gasteiger partial charge < -0.3 is 14.4 Å². The number of carbonyl (C=O) groups excluding carboxylic acids is 1. The summed E-state index contributed by atoms with van der Waals surface area (Å²) in [6, 6.07) is 13.3. The van der Waals surface area contributed by atoms with Crippen LogP contribution in [0.15, 0.2) is 65.8 Å². The summed E-state index contributed by atoms with van der Waals surface area (Å²) in [7, 11) is -4.17. The molecule has 3 unspecified atom stereocenters. The van der Waals surface area contributed by atoms with E-state index in [1.165, 1.54) is 12.1 Å². The van der Waals surface area contributed by atoms with Crippen LogP contribution >= 0.6 is 0 Å². The molecule has 7 rings (SSSR count). The monoisotopic (exact) mass is 710 g/mol. The van der Waals surface area contributed by atoms with Gasteiger partial charge in [-0.25, -0.2) is 18.1 Å². The third-order valence-electron chi connectivity index (χ3n) is 10.3. The number of fused-ring (bicyclic) bond motifs is 4. The Balaban J connectivity index is 1.30. The van der Waals surface area contributed by atoms with Crippen LogP contribution in [0.1, 0.15) is 97.6 Å². The molecule has 51 heavy (non-hydrogen) atoms. The summed E-state index contributed by atoms with van der Waals surface area (Å²) >= 11 is 0. The minimum Gasteiger partial charge on any atom is -0.475 e. The van der Waals surface area contributed by atoms with Gasteiger partial charge in [0.05, 0.1) is 28.0 Å². The van der Waals surface area contributed by atoms with Gasteiger partial charge in [-0.3, -0.25) is 14.8 Å². The van der Waals surface area contributed by atoms with Crippen molar-refractivity contribution in [2.45, 2.75) is 95.5 Å². The van der Waals surface area contributed by atoms with Gasteiger partial charge in [0.25, 0.3) is 15.9 Å². The fourth-order valence-corrected chi connectivity index (χ4v) is 8.62. The molecule has 4 heterocycles. The van der Waals surface area contributed by atoms with E-state index in [0.29, 0.717) is 18.0 Å². The quantitative estimate of drug-likeness (QED) is 0.236. The van der Waals surface area contributed by atoms with Gasteiger partial charge in [0.15, 0.2) is 0 Å². The van der Waals surface area contributed by atoms with Crippen molar-refractivity contribution in [3.8, 4) is 17.1 Å². The molecule has 1 saturated carbocycles. The van der Waals surface area contributed by atoms with Gasteiger partial charge in [0.1, 0.15) is 6.61 Å². The summed E-state index contributed by atoms with van der Waals surface area (Å²) in [5, 5.41) is 0. The SMILES string of the molecule is Cc1cccc(C)c1-c1cc2nc(n1)NS(=O)(=O)c1cccc(c1)C(=O)N(C1CCC1c1cnc(C3CCOCC3)cn1)C(CC(C)(C)C)CO2. The van der Waals surface area contributed by atoms with E-state index < -0.39 is 10.0 Å². The number of rotatable bonds is 5. The zero-order valence-corrected chi connectivity index (χ0v) is 30.7. The van der Waals surface area contributed by atoms with Crippen molar-refractivity contribution in [3.05, 3.63) is 89.0 Å². The van der Waals surface area contributed by atoms with E-state index in [4.69, 9.17) is 19.4 Å². The smallest absolute Gasteiger partial charge is 0.264 e. The number of aryl methyl sites for hydroxylation is 2. The van der Waals surface area contributed by atoms with Crippen molar-refractivity contribution in [1.29, 1.82) is 0 Å². The first-order chi connectivity index (χ1) is 24.4. The molecular formula is C39H46N6O5S. The molecule has 1 saturated heterocycles. The average molecular weight is 711 g/mol. The summed E-state index contributed by atoms with van der Waals surface area (Å²) in [4.78, 5) is 35.6. The fourth-order valence-electron chi connectivity index (χ4n) is 7.63. The highest BCUT2D eigenvalue weighted by molar-refractivity contribution is 7.92. The number of sulfonamides is 1. The molecule has 11 nitrogen and oxygen atoms in total. The predicted octanol–water partition coefficient (Wildman–Crippen LogP) is 6.83. The lowest BCUT2D eigenvalue weighted by Gasteiger charge is -2.48. The van der Waals surface area contributed by atoms with Crippen LogP contribution in [0.2, 0.25) is 0 Å². The van der Waals surface area contributed by atoms with Crippen molar-refractivity contribution in [2.24, 2.45) is 5.41 Å². The molecule has 2 aromatic heterocycles. The molecule has 2 aliphatic heterocycles. The second-order valence-electron chi connectivity index (χ2n) is 15.3. The lowest BCUT2D eigenvalue weighted by Crippen LogP contribution is -2.56. The Bertz CT molecular complexity index is 2000. The maximum atomic E-state index is 14.8. The summed E-state index contributed by atoms with van der Waals surface area (Å²) in [5.41, 5.74) is 5.34. The van der Waals surface area contributed by atoms with Crippen molar-refractivity contribution < 1.29 is 22.7 Å². The highest BCUT2D eigenvalue weighted by Gasteiger charge is 2.44. The number of nitrogens with zero attached hydrogens (tertiary/aromatic N) is 5. The maximum Gasteiger partial charge on any atom is 0.264 e. The van der Waals surface area contributed by atoms with Crippen LogP contribution in [0.4, 0.5) is 5.95 Å². The van der Waals surface area contributed by atoms with E-state index in [9.17, 15) is 13.2 Å². The van der Waals surface area contributed by atoms with Crippen LogP contribution in [0.5, 0.6) is 5.88 Å². The number of hydrogen-bond donors (Lipinski definition) is 1. The lowest BCUT2D eigenvalue weighted by molar-refractivity contribution is 0.0161. The predicted molar refractivity (Wildman–Crippen MR) is 194 cm³/mol. The van der Waals surface area contributed by atoms with Gasteiger partial charge in [-0.1, -0.05) is 45.0 Å². The average Bonchev–Trinajstić information content (AvgIpc) is 3.08. The first kappa shape index (κ1) is 35.0. The Morgan fingerprint density at radius 3 is 2.27 bits per heavy atom. The molecule has 1 amide bonds. The van der Waals surface area contributed by atoms with Crippen molar-refractivity contribution in [2.75, 3.05) is 24.5 Å². The zero-order chi connectivity index (χ0) is 35.9. The topological polar surface area (TPSA) is 136 Å². The molecule has 1 aliphatic carbocycles. The molecule has 3 atom stereocenters. The van der Waals surface area contributed by atoms with Crippen LogP contribution < -0.4 is 9.46 Å². The maximum absolute atomic E-state index is 14.8. The van der Waals surface area contributed by atoms with Gasteiger partial charge in [-0.15, -0.1) is 0 Å². The second kappa shape index (κ2) is 14.0. The molecule has 0 spiro atoms. The van der Waals surface area contributed by atoms with Crippen molar-refractivity contribution >= 4 is 21.9 Å². The second-order valence-corrected chi connectivity index (χ2v) is 16.9. The summed E-state index contributed by atoms with van der Waals surface area (Å²) in [5.74, 6) is 0.171. The van der Waals surface area contributed by atoms with Gasteiger partial charge >= 0.3 is 0 Å². The number of nitrogens with one attached hydrogen (secondary N) is 1. The molecule has 2 fully saturated rings. The molecule has 3 aliphatic rings. The third-order valence-corrected chi connectivity index (χ3v) is 11.6. The van der Waals surface area contributed by atoms with Crippen LogP contribution in [0.25, 0.3) is 11.3 Å². The van der Waals surface area contributed by atoms with Gasteiger partial charge in [-0.2, -0.15) is 4.98 Å². The number of carbonyl (C=O) groups is 1. The lowest BCUT2D eigenvalue weighted by atomic mass is 9.74. The van der Waals surface area contributed by atoms with Gasteiger partial charge in [-0.05, 0) is 80.7 Å². The van der Waals surface area contributed by atoms with Gasteiger partial charge in [0.2, 0.25) is 11.8 Å². The van der Waals surface area contributed by atoms with E-state index in [1.807, 2.05) is 49.3 Å². The Labute approximate surface area is 300 Å². The highest BCUT2D eigenvalue weighted by Crippen LogP contribution is 2.43. The largest absolute Gasteiger partial charge is 0.475 e. The molecule has 4 aromatic rings. The minimum atomic E-state index is -4.17. The Morgan fingerprint density at radius 2 is 1.61 bits per heavy atom. The first-order valence-corrected chi connectivity index (χ1v) is 19.3. The van der Waals surface area contributed by atoms with Gasteiger partial charge in [0, 0.05) is 60.7 Å². The van der Waals surface area contributed by atoms with E-state index in [1.54, 1.807) is 18.2 Å². The van der Waals surface area contributed by atoms with Crippen molar-refractivity contribution in [1.82, 2.24) is 24.8 Å². The minimum absolute atomic E-state index is 0.0294. The normalized spacial score (nSPS) is 22.4. The zero-order valence-electron chi connectivity index (χ0n) is 29.9. The first-order valence-electron chi connectivity index (χ1n) is 17.8. The Morgan fingerprint density at radius 1 is 0.902 bits per heavy atom. The third kappa shape index (κ3) is 7.48. The Kier molecular flexibility index (Phi) is 9.57. The van der Waals surface area contributed by atoms with Crippen LogP contribution in [-0.4, -0.2) is 71.1 Å². The van der Waals surface area contributed by atoms with Crippen LogP contribution in [-0.2, 0) is 14.8 Å². The fraction of sp³-hybridized carbons (Fsp3) is 0.462. The summed E-state index contributed by atoms with van der Waals surface area (Å²) < 4.78 is 42.2. The molecule has 0 radical (unpaired) electrons. The number of benzene rings is 2. The van der Waals surface area contributed by atoms with Crippen molar-refractivity contribution in [3.63, 3.8) is 0 Å². The van der Waals surface area contributed by atoms with E-state index >= 15 is 0 Å². The number of ether oxygens (including phenoxy) is 2. The standard InChI is InChI=1S/C39H46N6O5S/c1-24-8-6-9-25(2)36(24)31-19-35-43-38(42-31)44-51(47,48)29-11-7-10-27(18-29)37(46)45(28(23-50-35)20-39(3,4)5)34-13-12-30(34)33-22-40-32(21-41-33)26-14-16-49-17-15-26/h6-11,18-19,21-22,26,28,30,34H,12-17,20,23H2,1-5H3,(H,42,43,44). The number of hydrogen-bond acceptors (Lipinski definition) is 9. The molecule has 12 heteroatoms. The number of anilines is 1. The summed E-state index contributed by atoms with van der Waals surface area (Å²) in [6.07, 6.45) is 7.89. The molecule has 268 valence electrons. The van der Waals surface area contributed by atoms with E-state index in [0.717, 1.165) is 67.0 Å². The molecule has 1 N–H and O–H groups in total. The molecular weight excluding hydrogens is 665 g/mol.